The number of sulfone groups is 1. The molecule has 1 aromatic heterocycles. The number of hydrogen-bond acceptors (Lipinski definition) is 7. The van der Waals surface area contributed by atoms with Crippen LogP contribution in [-0.2, 0) is 14.6 Å². The smallest absolute Gasteiger partial charge is 0.333 e. The van der Waals surface area contributed by atoms with Crippen LogP contribution in [-0.4, -0.2) is 58.4 Å². The van der Waals surface area contributed by atoms with Crippen molar-refractivity contribution in [3.8, 4) is 11.8 Å². The van der Waals surface area contributed by atoms with Crippen molar-refractivity contribution < 1.29 is 33.1 Å². The molecule has 2 amide bonds. The van der Waals surface area contributed by atoms with Gasteiger partial charge in [0.1, 0.15) is 0 Å². The molecule has 10 nitrogen and oxygen atoms in total. The Morgan fingerprint density at radius 3 is 2.60 bits per heavy atom. The molecule has 4 N–H and O–H groups in total. The van der Waals surface area contributed by atoms with Crippen molar-refractivity contribution in [1.29, 1.82) is 0 Å². The van der Waals surface area contributed by atoms with Gasteiger partial charge in [0.2, 0.25) is 11.8 Å². The van der Waals surface area contributed by atoms with Gasteiger partial charge in [-0.1, -0.05) is 6.42 Å². The number of rotatable bonds is 6. The number of nitrogens with one attached hydrogen (secondary N) is 2. The second-order valence-corrected chi connectivity index (χ2v) is 8.44. The average molecular weight is 373 g/mol. The minimum Gasteiger partial charge on any atom is -0.492 e. The van der Waals surface area contributed by atoms with Crippen LogP contribution < -0.4 is 15.5 Å². The maximum atomic E-state index is 12.2. The van der Waals surface area contributed by atoms with E-state index in [0.29, 0.717) is 24.0 Å². The highest BCUT2D eigenvalue weighted by atomic mass is 32.2. The Morgan fingerprint density at radius 1 is 1.24 bits per heavy atom. The molecule has 3 heterocycles. The molecule has 2 aliphatic rings. The molecule has 138 valence electrons. The molecular weight excluding hydrogens is 354 g/mol. The lowest BCUT2D eigenvalue weighted by molar-refractivity contribution is -0.145. The van der Waals surface area contributed by atoms with Gasteiger partial charge in [-0.3, -0.25) is 0 Å². The van der Waals surface area contributed by atoms with E-state index in [1.54, 1.807) is 0 Å². The predicted octanol–water partition coefficient (Wildman–Crippen LogP) is -0.738. The lowest BCUT2D eigenvalue weighted by atomic mass is 10.0. The van der Waals surface area contributed by atoms with Crippen LogP contribution in [0, 0.1) is 0 Å². The van der Waals surface area contributed by atoms with Gasteiger partial charge in [-0.25, -0.2) is 18.0 Å². The molecule has 0 saturated carbocycles. The molecule has 0 bridgehead atoms. The molecule has 0 aromatic carbocycles. The highest BCUT2D eigenvalue weighted by Gasteiger charge is 2.51. The zero-order valence-electron chi connectivity index (χ0n) is 13.2. The van der Waals surface area contributed by atoms with Crippen molar-refractivity contribution in [1.82, 2.24) is 15.4 Å². The van der Waals surface area contributed by atoms with Crippen LogP contribution in [0.25, 0.3) is 0 Å². The van der Waals surface area contributed by atoms with E-state index in [4.69, 9.17) is 4.84 Å². The van der Waals surface area contributed by atoms with Crippen molar-refractivity contribution in [2.45, 2.75) is 43.0 Å². The van der Waals surface area contributed by atoms with Crippen LogP contribution in [0.2, 0.25) is 0 Å². The summed E-state index contributed by atoms with van der Waals surface area (Å²) in [6, 6.07) is 1.16. The van der Waals surface area contributed by atoms with Crippen LogP contribution >= 0.6 is 0 Å². The summed E-state index contributed by atoms with van der Waals surface area (Å²) in [6.45, 7) is 0. The molecule has 2 unspecified atom stereocenters. The summed E-state index contributed by atoms with van der Waals surface area (Å²) in [6.07, 6.45) is 1.18. The van der Waals surface area contributed by atoms with Gasteiger partial charge in [-0.15, -0.1) is 4.73 Å². The average Bonchev–Trinajstić information content (AvgIpc) is 3.09. The maximum Gasteiger partial charge on any atom is 0.333 e. The molecule has 0 spiro atoms. The second-order valence-electron chi connectivity index (χ2n) is 6.17. The first-order chi connectivity index (χ1) is 11.8. The molecule has 0 aliphatic carbocycles. The molecule has 2 saturated heterocycles. The van der Waals surface area contributed by atoms with E-state index in [9.17, 15) is 28.2 Å². The molecule has 0 radical (unpaired) electrons. The highest BCUT2D eigenvalue weighted by Crippen LogP contribution is 2.28. The van der Waals surface area contributed by atoms with Crippen molar-refractivity contribution in [2.75, 3.05) is 5.75 Å². The second kappa shape index (κ2) is 6.47. The molecule has 2 fully saturated rings. The largest absolute Gasteiger partial charge is 0.492 e. The minimum absolute atomic E-state index is 0.00251. The summed E-state index contributed by atoms with van der Waals surface area (Å²) in [5, 5.41) is 23.3. The predicted molar refractivity (Wildman–Crippen MR) is 84.6 cm³/mol. The van der Waals surface area contributed by atoms with Crippen LogP contribution in [0.3, 0.4) is 0 Å². The quantitative estimate of drug-likeness (QED) is 0.379. The normalized spacial score (nSPS) is 26.7. The van der Waals surface area contributed by atoms with Crippen LogP contribution in [0.1, 0.15) is 25.7 Å². The molecule has 1 aromatic rings. The summed E-state index contributed by atoms with van der Waals surface area (Å²) in [5.41, 5.74) is 0. The van der Waals surface area contributed by atoms with Gasteiger partial charge < -0.3 is 25.7 Å². The van der Waals surface area contributed by atoms with E-state index >= 15 is 0 Å². The van der Waals surface area contributed by atoms with Gasteiger partial charge in [0.05, 0.1) is 23.1 Å². The number of fused-ring (bicyclic) bond motifs is 1. The van der Waals surface area contributed by atoms with Crippen LogP contribution in [0.15, 0.2) is 12.1 Å². The van der Waals surface area contributed by atoms with Crippen molar-refractivity contribution in [3.63, 3.8) is 0 Å². The number of aromatic nitrogens is 1. The minimum atomic E-state index is -3.29. The fourth-order valence-electron chi connectivity index (χ4n) is 3.26. The van der Waals surface area contributed by atoms with E-state index in [0.717, 1.165) is 0 Å². The number of hydrogen-bond donors (Lipinski definition) is 4. The summed E-state index contributed by atoms with van der Waals surface area (Å²) >= 11 is 0. The van der Waals surface area contributed by atoms with E-state index in [-0.39, 0.29) is 18.2 Å². The summed E-state index contributed by atoms with van der Waals surface area (Å²) in [5.74, 6) is -1.54. The number of amides is 2. The van der Waals surface area contributed by atoms with Crippen molar-refractivity contribution in [2.24, 2.45) is 0 Å². The number of carbonyl (C=O) groups excluding carboxylic acids is 2. The molecule has 2 aliphatic heterocycles. The highest BCUT2D eigenvalue weighted by molar-refractivity contribution is 7.92. The number of carbonyl (C=O) groups is 2. The fraction of sp³-hybridized carbons (Fsp3) is 0.571. The molecule has 11 heteroatoms. The van der Waals surface area contributed by atoms with Crippen LogP contribution in [0.5, 0.6) is 11.8 Å². The molecular formula is C14H19N3O7S. The number of unbranched alkanes of at least 4 members (excludes halogenated alkanes) is 1. The fourth-order valence-corrected chi connectivity index (χ4v) is 5.53. The Morgan fingerprint density at radius 2 is 1.92 bits per heavy atom. The summed E-state index contributed by atoms with van der Waals surface area (Å²) in [7, 11) is -3.29. The number of nitrogens with zero attached hydrogens (tertiary/aromatic N) is 1. The Hall–Kier alpha value is -2.43. The third-order valence-electron chi connectivity index (χ3n) is 4.43. The monoisotopic (exact) mass is 373 g/mol. The van der Waals surface area contributed by atoms with E-state index in [1.807, 2.05) is 0 Å². The van der Waals surface area contributed by atoms with E-state index < -0.39 is 44.9 Å². The van der Waals surface area contributed by atoms with Gasteiger partial charge >= 0.3 is 12.0 Å². The molecule has 3 rings (SSSR count). The lowest BCUT2D eigenvalue weighted by Crippen LogP contribution is -2.39. The zero-order valence-corrected chi connectivity index (χ0v) is 14.0. The van der Waals surface area contributed by atoms with Gasteiger partial charge in [0.15, 0.2) is 9.84 Å². The van der Waals surface area contributed by atoms with Gasteiger partial charge in [0, 0.05) is 18.6 Å². The Balaban J connectivity index is 1.46. The standard InChI is InChI=1S/C14H19N3O7S/c18-10-5-6-11(19)17(10)24-12(20)4-2-1-3-9-13-8(7-25(9,22)23)15-14(21)16-13/h5-6,8-9,13,18-19H,1-4,7H2,(H2,15,16,21)/t8?,9-,13?/m0/s1. The van der Waals surface area contributed by atoms with Crippen LogP contribution in [0.4, 0.5) is 4.79 Å². The summed E-state index contributed by atoms with van der Waals surface area (Å²) in [4.78, 5) is 27.8. The van der Waals surface area contributed by atoms with E-state index in [1.165, 1.54) is 12.1 Å². The molecule has 25 heavy (non-hydrogen) atoms. The number of urea groups is 1. The van der Waals surface area contributed by atoms with Crippen molar-refractivity contribution >= 4 is 21.8 Å². The first kappa shape index (κ1) is 17.4. The zero-order chi connectivity index (χ0) is 18.2. The summed E-state index contributed by atoms with van der Waals surface area (Å²) < 4.78 is 24.9. The topological polar surface area (TPSA) is 147 Å². The Bertz CT molecular complexity index is 769. The lowest BCUT2D eigenvalue weighted by Gasteiger charge is -2.16. The van der Waals surface area contributed by atoms with Gasteiger partial charge in [0.25, 0.3) is 0 Å². The van der Waals surface area contributed by atoms with Gasteiger partial charge in [-0.2, -0.15) is 0 Å². The van der Waals surface area contributed by atoms with Crippen molar-refractivity contribution in [3.05, 3.63) is 12.1 Å². The first-order valence-electron chi connectivity index (χ1n) is 7.87. The molecule has 3 atom stereocenters. The maximum absolute atomic E-state index is 12.2. The Labute approximate surface area is 143 Å². The number of aromatic hydroxyl groups is 2. The third-order valence-corrected chi connectivity index (χ3v) is 6.71. The van der Waals surface area contributed by atoms with E-state index in [2.05, 4.69) is 10.6 Å². The Kier molecular flexibility index (Phi) is 4.50. The first-order valence-corrected chi connectivity index (χ1v) is 9.59. The van der Waals surface area contributed by atoms with Gasteiger partial charge in [-0.05, 0) is 12.8 Å². The SMILES string of the molecule is O=C1NC2CS(=O)(=O)[C@@H](CCCCC(=O)On3c(O)ccc3O)C2N1. The third kappa shape index (κ3) is 3.50.